The van der Waals surface area contributed by atoms with Gasteiger partial charge in [0.05, 0.1) is 20.1 Å². The Kier molecular flexibility index (Phi) is 9.24. The number of esters is 2. The third-order valence-corrected chi connectivity index (χ3v) is 3.73. The summed E-state index contributed by atoms with van der Waals surface area (Å²) in [7, 11) is 1.21. The summed E-state index contributed by atoms with van der Waals surface area (Å²) < 4.78 is 20.5. The highest BCUT2D eigenvalue weighted by molar-refractivity contribution is 5.69. The average Bonchev–Trinajstić information content (AvgIpc) is 2.54. The van der Waals surface area contributed by atoms with Gasteiger partial charge in [-0.1, -0.05) is 0 Å². The summed E-state index contributed by atoms with van der Waals surface area (Å²) in [6, 6.07) is -1.19. The van der Waals surface area contributed by atoms with E-state index in [1.165, 1.54) is 14.0 Å². The highest BCUT2D eigenvalue weighted by Crippen LogP contribution is 2.18. The lowest BCUT2D eigenvalue weighted by atomic mass is 10.0. The number of nitro groups is 1. The highest BCUT2D eigenvalue weighted by atomic mass is 16.7. The number of carbonyl (C=O) groups excluding carboxylic acids is 2. The third kappa shape index (κ3) is 7.69. The summed E-state index contributed by atoms with van der Waals surface area (Å²) in [5, 5.41) is 11.3. The minimum atomic E-state index is -1.19. The summed E-state index contributed by atoms with van der Waals surface area (Å²) in [5.41, 5.74) is 0. The van der Waals surface area contributed by atoms with Gasteiger partial charge >= 0.3 is 11.9 Å². The fraction of sp³-hybridized carbons (Fsp3) is 0.867. The smallest absolute Gasteiger partial charge is 0.305 e. The summed E-state index contributed by atoms with van der Waals surface area (Å²) in [5.74, 6) is -1.16. The molecule has 1 heterocycles. The summed E-state index contributed by atoms with van der Waals surface area (Å²) in [6.07, 6.45) is 1.46. The fourth-order valence-corrected chi connectivity index (χ4v) is 2.50. The van der Waals surface area contributed by atoms with E-state index in [1.54, 1.807) is 0 Å². The van der Waals surface area contributed by atoms with Crippen molar-refractivity contribution in [2.45, 2.75) is 63.9 Å². The van der Waals surface area contributed by atoms with Crippen LogP contribution in [0.15, 0.2) is 0 Å². The molecule has 1 saturated heterocycles. The standard InChI is InChI=1S/C15H25NO8/c1-11(17)24-13(8-10-23-15-5-3-4-9-22-15)12(16(19)20)6-7-14(18)21-2/h12-13,15H,3-10H2,1-2H3. The first-order valence-electron chi connectivity index (χ1n) is 8.04. The van der Waals surface area contributed by atoms with Crippen molar-refractivity contribution < 1.29 is 33.5 Å². The molecule has 0 saturated carbocycles. The lowest BCUT2D eigenvalue weighted by Gasteiger charge is -2.24. The summed E-state index contributed by atoms with van der Waals surface area (Å²) in [6.45, 7) is 2.00. The molecule has 0 radical (unpaired) electrons. The zero-order chi connectivity index (χ0) is 17.9. The van der Waals surface area contributed by atoms with E-state index in [2.05, 4.69) is 4.74 Å². The molecule has 3 unspecified atom stereocenters. The fourth-order valence-electron chi connectivity index (χ4n) is 2.50. The van der Waals surface area contributed by atoms with Crippen LogP contribution in [0.3, 0.4) is 0 Å². The van der Waals surface area contributed by atoms with E-state index in [4.69, 9.17) is 14.2 Å². The van der Waals surface area contributed by atoms with Crippen molar-refractivity contribution in [2.75, 3.05) is 20.3 Å². The number of hydrogen-bond donors (Lipinski definition) is 0. The maximum atomic E-state index is 11.3. The van der Waals surface area contributed by atoms with Crippen molar-refractivity contribution in [3.05, 3.63) is 10.1 Å². The summed E-state index contributed by atoms with van der Waals surface area (Å²) >= 11 is 0. The average molecular weight is 347 g/mol. The van der Waals surface area contributed by atoms with Gasteiger partial charge in [0.2, 0.25) is 6.04 Å². The van der Waals surface area contributed by atoms with Gasteiger partial charge in [-0.05, 0) is 19.3 Å². The molecule has 0 N–H and O–H groups in total. The van der Waals surface area contributed by atoms with Gasteiger partial charge in [0.25, 0.3) is 0 Å². The number of nitrogens with zero attached hydrogens (tertiary/aromatic N) is 1. The molecule has 9 heteroatoms. The molecule has 1 aliphatic heterocycles. The molecule has 1 rings (SSSR count). The molecule has 0 amide bonds. The molecule has 0 aromatic carbocycles. The monoisotopic (exact) mass is 347 g/mol. The van der Waals surface area contributed by atoms with E-state index in [9.17, 15) is 19.7 Å². The van der Waals surface area contributed by atoms with Gasteiger partial charge in [0, 0.05) is 31.3 Å². The number of methoxy groups -OCH3 is 1. The molecule has 1 fully saturated rings. The zero-order valence-electron chi connectivity index (χ0n) is 14.1. The van der Waals surface area contributed by atoms with Crippen LogP contribution in [0.1, 0.15) is 45.4 Å². The second kappa shape index (κ2) is 10.9. The van der Waals surface area contributed by atoms with Crippen LogP contribution in [0.25, 0.3) is 0 Å². The predicted molar refractivity (Wildman–Crippen MR) is 81.7 cm³/mol. The molecule has 0 bridgehead atoms. The van der Waals surface area contributed by atoms with Crippen LogP contribution < -0.4 is 0 Å². The van der Waals surface area contributed by atoms with E-state index in [0.29, 0.717) is 6.61 Å². The zero-order valence-corrected chi connectivity index (χ0v) is 14.1. The quantitative estimate of drug-likeness (QED) is 0.331. The Balaban J connectivity index is 2.56. The molecular weight excluding hydrogens is 322 g/mol. The second-order valence-corrected chi connectivity index (χ2v) is 5.57. The molecule has 9 nitrogen and oxygen atoms in total. The Morgan fingerprint density at radius 2 is 2.08 bits per heavy atom. The molecule has 138 valence electrons. The van der Waals surface area contributed by atoms with Gasteiger partial charge in [0.1, 0.15) is 0 Å². The van der Waals surface area contributed by atoms with Crippen LogP contribution >= 0.6 is 0 Å². The predicted octanol–water partition coefficient (Wildman–Crippen LogP) is 1.45. The van der Waals surface area contributed by atoms with Crippen molar-refractivity contribution in [3.8, 4) is 0 Å². The third-order valence-electron chi connectivity index (χ3n) is 3.73. The SMILES string of the molecule is COC(=O)CCC(C(CCOC1CCCCO1)OC(C)=O)[N+](=O)[O-]. The van der Waals surface area contributed by atoms with Crippen molar-refractivity contribution in [1.82, 2.24) is 0 Å². The van der Waals surface area contributed by atoms with Gasteiger partial charge in [-0.2, -0.15) is 0 Å². The van der Waals surface area contributed by atoms with Crippen molar-refractivity contribution in [3.63, 3.8) is 0 Å². The van der Waals surface area contributed by atoms with Crippen LogP contribution in [0.5, 0.6) is 0 Å². The Bertz CT molecular complexity index is 422. The molecule has 24 heavy (non-hydrogen) atoms. The molecule has 3 atom stereocenters. The Hall–Kier alpha value is -1.74. The Morgan fingerprint density at radius 1 is 1.33 bits per heavy atom. The number of carbonyl (C=O) groups is 2. The van der Waals surface area contributed by atoms with E-state index in [1.807, 2.05) is 0 Å². The van der Waals surface area contributed by atoms with E-state index < -0.39 is 29.0 Å². The minimum Gasteiger partial charge on any atom is -0.469 e. The maximum Gasteiger partial charge on any atom is 0.305 e. The van der Waals surface area contributed by atoms with Crippen molar-refractivity contribution in [1.29, 1.82) is 0 Å². The van der Waals surface area contributed by atoms with Gasteiger partial charge in [-0.15, -0.1) is 0 Å². The number of rotatable bonds is 10. The highest BCUT2D eigenvalue weighted by Gasteiger charge is 2.34. The van der Waals surface area contributed by atoms with Gasteiger partial charge in [0.15, 0.2) is 12.4 Å². The molecule has 0 aromatic heterocycles. The van der Waals surface area contributed by atoms with Crippen LogP contribution in [0.2, 0.25) is 0 Å². The van der Waals surface area contributed by atoms with Crippen molar-refractivity contribution in [2.24, 2.45) is 0 Å². The molecule has 0 aliphatic carbocycles. The molecule has 1 aliphatic rings. The largest absolute Gasteiger partial charge is 0.469 e. The van der Waals surface area contributed by atoms with Gasteiger partial charge < -0.3 is 18.9 Å². The first-order valence-corrected chi connectivity index (χ1v) is 8.04. The second-order valence-electron chi connectivity index (χ2n) is 5.57. The van der Waals surface area contributed by atoms with Crippen LogP contribution in [0.4, 0.5) is 0 Å². The summed E-state index contributed by atoms with van der Waals surface area (Å²) in [4.78, 5) is 33.2. The van der Waals surface area contributed by atoms with E-state index >= 15 is 0 Å². The Morgan fingerprint density at radius 3 is 2.62 bits per heavy atom. The van der Waals surface area contributed by atoms with Crippen molar-refractivity contribution >= 4 is 11.9 Å². The van der Waals surface area contributed by atoms with Crippen LogP contribution in [0, 0.1) is 10.1 Å². The topological polar surface area (TPSA) is 114 Å². The Labute approximate surface area is 140 Å². The normalized spacial score (nSPS) is 20.0. The number of ether oxygens (including phenoxy) is 4. The van der Waals surface area contributed by atoms with Gasteiger partial charge in [-0.3, -0.25) is 19.7 Å². The molecular formula is C15H25NO8. The molecule has 0 aromatic rings. The number of hydrogen-bond acceptors (Lipinski definition) is 8. The lowest BCUT2D eigenvalue weighted by molar-refractivity contribution is -0.535. The minimum absolute atomic E-state index is 0.0719. The first-order chi connectivity index (χ1) is 11.4. The van der Waals surface area contributed by atoms with E-state index in [-0.39, 0.29) is 32.2 Å². The molecule has 0 spiro atoms. The van der Waals surface area contributed by atoms with E-state index in [0.717, 1.165) is 19.3 Å². The van der Waals surface area contributed by atoms with Crippen LogP contribution in [-0.4, -0.2) is 55.6 Å². The van der Waals surface area contributed by atoms with Gasteiger partial charge in [-0.25, -0.2) is 0 Å². The first kappa shape index (κ1) is 20.3. The maximum absolute atomic E-state index is 11.3. The lowest BCUT2D eigenvalue weighted by Crippen LogP contribution is -2.38. The van der Waals surface area contributed by atoms with Crippen LogP contribution in [-0.2, 0) is 28.5 Å².